The average Bonchev–Trinajstić information content (AvgIpc) is 2.41. The van der Waals surface area contributed by atoms with Crippen LogP contribution in [0.4, 0.5) is 0 Å². The van der Waals surface area contributed by atoms with Crippen molar-refractivity contribution in [2.45, 2.75) is 20.3 Å². The van der Waals surface area contributed by atoms with Crippen molar-refractivity contribution in [2.24, 2.45) is 0 Å². The second kappa shape index (κ2) is 16.0. The summed E-state index contributed by atoms with van der Waals surface area (Å²) in [6, 6.07) is 5.33. The molecule has 0 atom stereocenters. The van der Waals surface area contributed by atoms with E-state index in [0.29, 0.717) is 12.2 Å². The molecule has 20 heavy (non-hydrogen) atoms. The Morgan fingerprint density at radius 2 is 1.65 bits per heavy atom. The van der Waals surface area contributed by atoms with Crippen molar-refractivity contribution in [2.75, 3.05) is 22.6 Å². The molecular weight excluding hydrogens is 520 g/mol. The highest BCUT2D eigenvalue weighted by atomic mass is 79.9. The van der Waals surface area contributed by atoms with E-state index in [0.717, 1.165) is 38.9 Å². The molecule has 1 aromatic carbocycles. The fourth-order valence-corrected chi connectivity index (χ4v) is 2.98. The predicted molar refractivity (Wildman–Crippen MR) is 102 cm³/mol. The van der Waals surface area contributed by atoms with Crippen LogP contribution in [0, 0.1) is 0 Å². The van der Waals surface area contributed by atoms with Gasteiger partial charge in [0.05, 0.1) is 6.61 Å². The second-order valence-electron chi connectivity index (χ2n) is 3.42. The number of ether oxygens (including phenoxy) is 1. The molecular formula is C14H20Br4O2. The van der Waals surface area contributed by atoms with E-state index in [4.69, 9.17) is 4.74 Å². The molecule has 0 bridgehead atoms. The normalized spacial score (nSPS) is 9.00. The molecule has 0 unspecified atom stereocenters. The van der Waals surface area contributed by atoms with Crippen molar-refractivity contribution in [1.29, 1.82) is 0 Å². The molecule has 0 spiro atoms. The highest BCUT2D eigenvalue weighted by molar-refractivity contribution is 9.10. The average molecular weight is 540 g/mol. The quantitative estimate of drug-likeness (QED) is 0.233. The van der Waals surface area contributed by atoms with Gasteiger partial charge in [-0.25, -0.2) is 0 Å². The number of hydrogen-bond acceptors (Lipinski definition) is 2. The SMILES string of the molecule is BrCCCBr.C.O=Cc1ccc(OCCCBr)cc1Br. The summed E-state index contributed by atoms with van der Waals surface area (Å²) in [6.45, 7) is 0.679. The zero-order chi connectivity index (χ0) is 14.5. The van der Waals surface area contributed by atoms with E-state index in [9.17, 15) is 4.79 Å². The molecule has 0 radical (unpaired) electrons. The summed E-state index contributed by atoms with van der Waals surface area (Å²) in [4.78, 5) is 10.5. The van der Waals surface area contributed by atoms with Crippen molar-refractivity contribution in [3.8, 4) is 5.75 Å². The van der Waals surface area contributed by atoms with Crippen LogP contribution in [0.5, 0.6) is 5.75 Å². The molecule has 0 saturated carbocycles. The minimum Gasteiger partial charge on any atom is -0.494 e. The van der Waals surface area contributed by atoms with Gasteiger partial charge in [-0.05, 0) is 47.0 Å². The van der Waals surface area contributed by atoms with Crippen molar-refractivity contribution in [3.05, 3.63) is 28.2 Å². The van der Waals surface area contributed by atoms with Crippen LogP contribution in [-0.2, 0) is 0 Å². The van der Waals surface area contributed by atoms with Gasteiger partial charge in [0.1, 0.15) is 5.75 Å². The first-order valence-electron chi connectivity index (χ1n) is 5.75. The Hall–Kier alpha value is 0.610. The van der Waals surface area contributed by atoms with Crippen molar-refractivity contribution in [3.63, 3.8) is 0 Å². The maximum atomic E-state index is 10.5. The van der Waals surface area contributed by atoms with E-state index >= 15 is 0 Å². The van der Waals surface area contributed by atoms with Crippen molar-refractivity contribution >= 4 is 70.0 Å². The van der Waals surface area contributed by atoms with E-state index in [2.05, 4.69) is 63.7 Å². The Morgan fingerprint density at radius 1 is 1.05 bits per heavy atom. The minimum atomic E-state index is 0. The lowest BCUT2D eigenvalue weighted by atomic mass is 10.2. The number of benzene rings is 1. The molecule has 116 valence electrons. The Labute approximate surface area is 155 Å². The molecule has 0 aliphatic heterocycles. The lowest BCUT2D eigenvalue weighted by Gasteiger charge is -2.05. The number of rotatable bonds is 7. The van der Waals surface area contributed by atoms with E-state index in [1.807, 2.05) is 0 Å². The summed E-state index contributed by atoms with van der Waals surface area (Å²) in [5, 5.41) is 3.15. The van der Waals surface area contributed by atoms with E-state index < -0.39 is 0 Å². The summed E-state index contributed by atoms with van der Waals surface area (Å²) in [5.74, 6) is 0.781. The number of aldehydes is 1. The smallest absolute Gasteiger partial charge is 0.151 e. The third-order valence-electron chi connectivity index (χ3n) is 1.91. The first kappa shape index (κ1) is 22.9. The molecule has 0 aromatic heterocycles. The van der Waals surface area contributed by atoms with E-state index in [1.165, 1.54) is 6.42 Å². The van der Waals surface area contributed by atoms with Crippen LogP contribution in [0.25, 0.3) is 0 Å². The standard InChI is InChI=1S/C10H10Br2O2.C3H6Br2.CH4/c11-4-1-5-14-9-3-2-8(7-13)10(12)6-9;4-2-1-3-5;/h2-3,6-7H,1,4-5H2;1-3H2;1H4. The molecule has 6 heteroatoms. The fraction of sp³-hybridized carbons (Fsp3) is 0.500. The topological polar surface area (TPSA) is 26.3 Å². The summed E-state index contributed by atoms with van der Waals surface area (Å²) < 4.78 is 6.22. The summed E-state index contributed by atoms with van der Waals surface area (Å²) in [6.07, 6.45) is 3.00. The van der Waals surface area contributed by atoms with Gasteiger partial charge >= 0.3 is 0 Å². The van der Waals surface area contributed by atoms with Crippen LogP contribution in [0.15, 0.2) is 22.7 Å². The molecule has 0 aliphatic carbocycles. The van der Waals surface area contributed by atoms with Crippen LogP contribution in [-0.4, -0.2) is 28.9 Å². The maximum Gasteiger partial charge on any atom is 0.151 e. The van der Waals surface area contributed by atoms with Gasteiger partial charge in [0.15, 0.2) is 6.29 Å². The van der Waals surface area contributed by atoms with Gasteiger partial charge in [0.25, 0.3) is 0 Å². The molecule has 1 rings (SSSR count). The van der Waals surface area contributed by atoms with Gasteiger partial charge in [0, 0.05) is 26.0 Å². The number of alkyl halides is 3. The largest absolute Gasteiger partial charge is 0.494 e. The van der Waals surface area contributed by atoms with E-state index in [1.54, 1.807) is 18.2 Å². The van der Waals surface area contributed by atoms with Crippen molar-refractivity contribution < 1.29 is 9.53 Å². The lowest BCUT2D eigenvalue weighted by molar-refractivity contribution is 0.112. The van der Waals surface area contributed by atoms with Gasteiger partial charge < -0.3 is 4.74 Å². The predicted octanol–water partition coefficient (Wildman–Crippen LogP) is 6.23. The number of carbonyl (C=O) groups is 1. The fourth-order valence-electron chi connectivity index (χ4n) is 0.988. The number of halogens is 4. The second-order valence-corrected chi connectivity index (χ2v) is 6.66. The highest BCUT2D eigenvalue weighted by Crippen LogP contribution is 2.21. The Morgan fingerprint density at radius 3 is 2.05 bits per heavy atom. The lowest BCUT2D eigenvalue weighted by Crippen LogP contribution is -1.97. The minimum absolute atomic E-state index is 0. The van der Waals surface area contributed by atoms with Gasteiger partial charge in [-0.2, -0.15) is 0 Å². The monoisotopic (exact) mass is 536 g/mol. The van der Waals surface area contributed by atoms with Crippen LogP contribution >= 0.6 is 63.7 Å². The van der Waals surface area contributed by atoms with Crippen LogP contribution in [0.3, 0.4) is 0 Å². The van der Waals surface area contributed by atoms with Gasteiger partial charge in [-0.1, -0.05) is 55.2 Å². The molecule has 0 aliphatic rings. The number of carbonyl (C=O) groups excluding carboxylic acids is 1. The molecule has 0 fully saturated rings. The van der Waals surface area contributed by atoms with Crippen LogP contribution < -0.4 is 4.74 Å². The van der Waals surface area contributed by atoms with Gasteiger partial charge in [-0.15, -0.1) is 0 Å². The van der Waals surface area contributed by atoms with Crippen LogP contribution in [0.2, 0.25) is 0 Å². The molecule has 0 heterocycles. The Balaban J connectivity index is 0. The Kier molecular flexibility index (Phi) is 18.3. The Bertz CT molecular complexity index is 357. The highest BCUT2D eigenvalue weighted by Gasteiger charge is 2.00. The molecule has 0 amide bonds. The summed E-state index contributed by atoms with van der Waals surface area (Å²) in [5.41, 5.74) is 0.637. The van der Waals surface area contributed by atoms with Crippen molar-refractivity contribution in [1.82, 2.24) is 0 Å². The first-order valence-corrected chi connectivity index (χ1v) is 9.90. The third kappa shape index (κ3) is 11.3. The van der Waals surface area contributed by atoms with Crippen LogP contribution in [0.1, 0.15) is 30.6 Å². The summed E-state index contributed by atoms with van der Waals surface area (Å²) in [7, 11) is 0. The molecule has 1 aromatic rings. The third-order valence-corrected chi connectivity index (χ3v) is 4.28. The van der Waals surface area contributed by atoms with Gasteiger partial charge in [0.2, 0.25) is 0 Å². The zero-order valence-corrected chi connectivity index (χ0v) is 16.7. The summed E-state index contributed by atoms with van der Waals surface area (Å²) >= 11 is 13.2. The van der Waals surface area contributed by atoms with E-state index in [-0.39, 0.29) is 7.43 Å². The van der Waals surface area contributed by atoms with Gasteiger partial charge in [-0.3, -0.25) is 4.79 Å². The molecule has 0 saturated heterocycles. The first-order chi connectivity index (χ1) is 9.19. The number of hydrogen-bond donors (Lipinski definition) is 0. The molecule has 0 N–H and O–H groups in total. The molecule has 2 nitrogen and oxygen atoms in total. The maximum absolute atomic E-state index is 10.5. The zero-order valence-electron chi connectivity index (χ0n) is 10.4.